The Morgan fingerprint density at radius 3 is 2.14 bits per heavy atom. The molecule has 35 heavy (non-hydrogen) atoms. The number of carbonyl (C=O) groups excluding carboxylic acids is 2. The number of fused-ring (bicyclic) bond motifs is 3. The van der Waals surface area contributed by atoms with Gasteiger partial charge in [0.1, 0.15) is 12.6 Å². The van der Waals surface area contributed by atoms with Gasteiger partial charge in [-0.05, 0) is 53.9 Å². The number of carbonyl (C=O) groups is 3. The van der Waals surface area contributed by atoms with Gasteiger partial charge < -0.3 is 20.5 Å². The van der Waals surface area contributed by atoms with E-state index < -0.39 is 18.1 Å². The van der Waals surface area contributed by atoms with Gasteiger partial charge in [-0.3, -0.25) is 4.79 Å². The second-order valence-electron chi connectivity index (χ2n) is 9.49. The highest BCUT2D eigenvalue weighted by Crippen LogP contribution is 2.44. The molecule has 2 aliphatic rings. The SMILES string of the molecule is O=C(CCCCCCNC(=O)OCC1c2ccccc2-c2ccccc21)NC(C(=O)O)C1CCC1. The van der Waals surface area contributed by atoms with E-state index in [1.165, 1.54) is 22.3 Å². The molecule has 4 rings (SSSR count). The largest absolute Gasteiger partial charge is 0.480 e. The van der Waals surface area contributed by atoms with E-state index in [1.54, 1.807) is 0 Å². The Hall–Kier alpha value is -3.35. The minimum atomic E-state index is -0.942. The highest BCUT2D eigenvalue weighted by Gasteiger charge is 2.33. The molecule has 0 spiro atoms. The summed E-state index contributed by atoms with van der Waals surface area (Å²) in [7, 11) is 0. The van der Waals surface area contributed by atoms with E-state index >= 15 is 0 Å². The average molecular weight is 479 g/mol. The van der Waals surface area contributed by atoms with Crippen LogP contribution in [-0.2, 0) is 14.3 Å². The van der Waals surface area contributed by atoms with Crippen LogP contribution in [0.25, 0.3) is 11.1 Å². The highest BCUT2D eigenvalue weighted by atomic mass is 16.5. The summed E-state index contributed by atoms with van der Waals surface area (Å²) in [4.78, 5) is 35.6. The third-order valence-electron chi connectivity index (χ3n) is 7.15. The number of amides is 2. The molecule has 1 atom stereocenters. The lowest BCUT2D eigenvalue weighted by Gasteiger charge is -2.31. The highest BCUT2D eigenvalue weighted by molar-refractivity contribution is 5.83. The van der Waals surface area contributed by atoms with Gasteiger partial charge in [-0.1, -0.05) is 67.8 Å². The molecule has 0 saturated heterocycles. The van der Waals surface area contributed by atoms with Crippen molar-refractivity contribution in [3.63, 3.8) is 0 Å². The fourth-order valence-electron chi connectivity index (χ4n) is 5.00. The van der Waals surface area contributed by atoms with Crippen molar-refractivity contribution in [1.82, 2.24) is 10.6 Å². The minimum absolute atomic E-state index is 0.0457. The first kappa shape index (κ1) is 24.8. The fourth-order valence-corrected chi connectivity index (χ4v) is 5.00. The predicted molar refractivity (Wildman–Crippen MR) is 133 cm³/mol. The van der Waals surface area contributed by atoms with Crippen molar-refractivity contribution in [2.75, 3.05) is 13.2 Å². The van der Waals surface area contributed by atoms with Crippen molar-refractivity contribution in [3.05, 3.63) is 59.7 Å². The molecule has 2 aromatic carbocycles. The number of hydrogen-bond donors (Lipinski definition) is 3. The molecule has 2 amide bonds. The molecule has 2 aromatic rings. The van der Waals surface area contributed by atoms with Crippen molar-refractivity contribution in [2.45, 2.75) is 63.3 Å². The Labute approximate surface area is 206 Å². The molecule has 1 unspecified atom stereocenters. The van der Waals surface area contributed by atoms with Crippen LogP contribution in [0.2, 0.25) is 0 Å². The number of nitrogens with one attached hydrogen (secondary N) is 2. The molecule has 7 nitrogen and oxygen atoms in total. The molecule has 1 fully saturated rings. The van der Waals surface area contributed by atoms with E-state index in [0.29, 0.717) is 26.0 Å². The number of carboxylic acids is 1. The first-order valence-electron chi connectivity index (χ1n) is 12.7. The molecule has 186 valence electrons. The summed E-state index contributed by atoms with van der Waals surface area (Å²) in [5.74, 6) is -1.02. The second kappa shape index (κ2) is 11.9. The smallest absolute Gasteiger partial charge is 0.407 e. The van der Waals surface area contributed by atoms with Gasteiger partial charge in [-0.2, -0.15) is 0 Å². The monoisotopic (exact) mass is 478 g/mol. The normalized spacial score (nSPS) is 15.4. The molecule has 0 aliphatic heterocycles. The van der Waals surface area contributed by atoms with Crippen LogP contribution in [0.3, 0.4) is 0 Å². The van der Waals surface area contributed by atoms with E-state index in [1.807, 2.05) is 24.3 Å². The number of benzene rings is 2. The van der Waals surface area contributed by atoms with Gasteiger partial charge in [-0.25, -0.2) is 9.59 Å². The molecule has 7 heteroatoms. The van der Waals surface area contributed by atoms with Crippen LogP contribution in [0.5, 0.6) is 0 Å². The van der Waals surface area contributed by atoms with E-state index in [0.717, 1.165) is 38.5 Å². The number of carboxylic acid groups (broad SMARTS) is 1. The molecule has 0 radical (unpaired) electrons. The van der Waals surface area contributed by atoms with E-state index in [9.17, 15) is 19.5 Å². The fraction of sp³-hybridized carbons (Fsp3) is 0.464. The zero-order chi connectivity index (χ0) is 24.6. The molecule has 3 N–H and O–H groups in total. The van der Waals surface area contributed by atoms with E-state index in [-0.39, 0.29) is 17.7 Å². The summed E-state index contributed by atoms with van der Waals surface area (Å²) >= 11 is 0. The van der Waals surface area contributed by atoms with Crippen molar-refractivity contribution >= 4 is 18.0 Å². The number of unbranched alkanes of at least 4 members (excludes halogenated alkanes) is 3. The maximum absolute atomic E-state index is 12.2. The summed E-state index contributed by atoms with van der Waals surface area (Å²) < 4.78 is 5.54. The quantitative estimate of drug-likeness (QED) is 0.379. The zero-order valence-corrected chi connectivity index (χ0v) is 20.0. The second-order valence-corrected chi connectivity index (χ2v) is 9.49. The van der Waals surface area contributed by atoms with Crippen LogP contribution < -0.4 is 10.6 Å². The summed E-state index contributed by atoms with van der Waals surface area (Å²) in [5.41, 5.74) is 4.78. The van der Waals surface area contributed by atoms with Crippen molar-refractivity contribution in [1.29, 1.82) is 0 Å². The van der Waals surface area contributed by atoms with Crippen LogP contribution in [-0.4, -0.2) is 42.3 Å². The lowest BCUT2D eigenvalue weighted by molar-refractivity contribution is -0.144. The van der Waals surface area contributed by atoms with Crippen LogP contribution in [0.1, 0.15) is 68.4 Å². The van der Waals surface area contributed by atoms with Crippen molar-refractivity contribution in [3.8, 4) is 11.1 Å². The third-order valence-corrected chi connectivity index (χ3v) is 7.15. The molecule has 0 aromatic heterocycles. The molecule has 1 saturated carbocycles. The number of aliphatic carboxylic acids is 1. The summed E-state index contributed by atoms with van der Waals surface area (Å²) in [6, 6.07) is 15.7. The molecule has 0 heterocycles. The number of ether oxygens (including phenoxy) is 1. The summed E-state index contributed by atoms with van der Waals surface area (Å²) in [6.07, 6.45) is 5.91. The van der Waals surface area contributed by atoms with Crippen molar-refractivity contribution in [2.24, 2.45) is 5.92 Å². The van der Waals surface area contributed by atoms with Gasteiger partial charge in [0.15, 0.2) is 0 Å². The van der Waals surface area contributed by atoms with Crippen LogP contribution >= 0.6 is 0 Å². The zero-order valence-electron chi connectivity index (χ0n) is 20.0. The van der Waals surface area contributed by atoms with Crippen LogP contribution in [0.4, 0.5) is 4.79 Å². The predicted octanol–water partition coefficient (Wildman–Crippen LogP) is 4.85. The summed E-state index contributed by atoms with van der Waals surface area (Å²) in [6.45, 7) is 0.818. The first-order valence-corrected chi connectivity index (χ1v) is 12.7. The number of hydrogen-bond acceptors (Lipinski definition) is 4. The Balaban J connectivity index is 1.09. The third kappa shape index (κ3) is 6.21. The number of rotatable bonds is 12. The average Bonchev–Trinajstić information content (AvgIpc) is 3.14. The standard InChI is InChI=1S/C28H34N2O5/c31-25(30-26(27(32)33)19-10-9-11-19)16-3-1-2-8-17-29-28(34)35-18-24-22-14-6-4-12-20(22)21-13-5-7-15-23(21)24/h4-7,12-15,19,24,26H,1-3,8-11,16-18H2,(H,29,34)(H,30,31)(H,32,33). The molecular weight excluding hydrogens is 444 g/mol. The van der Waals surface area contributed by atoms with E-state index in [2.05, 4.69) is 34.9 Å². The van der Waals surface area contributed by atoms with Gasteiger partial charge in [-0.15, -0.1) is 0 Å². The Bertz CT molecular complexity index is 1000. The Morgan fingerprint density at radius 2 is 1.54 bits per heavy atom. The first-order chi connectivity index (χ1) is 17.0. The molecule has 2 aliphatic carbocycles. The van der Waals surface area contributed by atoms with Gasteiger partial charge >= 0.3 is 12.1 Å². The van der Waals surface area contributed by atoms with Crippen molar-refractivity contribution < 1.29 is 24.2 Å². The van der Waals surface area contributed by atoms with E-state index in [4.69, 9.17) is 4.74 Å². The van der Waals surface area contributed by atoms with Gasteiger partial charge in [0.25, 0.3) is 0 Å². The van der Waals surface area contributed by atoms with Gasteiger partial charge in [0.2, 0.25) is 5.91 Å². The van der Waals surface area contributed by atoms with Crippen LogP contribution in [0, 0.1) is 5.92 Å². The Kier molecular flexibility index (Phi) is 8.40. The lowest BCUT2D eigenvalue weighted by atomic mass is 9.79. The maximum atomic E-state index is 12.2. The molecular formula is C28H34N2O5. The summed E-state index contributed by atoms with van der Waals surface area (Å²) in [5, 5.41) is 14.8. The lowest BCUT2D eigenvalue weighted by Crippen LogP contribution is -2.48. The van der Waals surface area contributed by atoms with Gasteiger partial charge in [0.05, 0.1) is 0 Å². The minimum Gasteiger partial charge on any atom is -0.480 e. The maximum Gasteiger partial charge on any atom is 0.407 e. The Morgan fingerprint density at radius 1 is 0.914 bits per heavy atom. The van der Waals surface area contributed by atoms with Crippen LogP contribution in [0.15, 0.2) is 48.5 Å². The molecule has 0 bridgehead atoms. The number of alkyl carbamates (subject to hydrolysis) is 1. The van der Waals surface area contributed by atoms with Gasteiger partial charge in [0, 0.05) is 18.9 Å². The topological polar surface area (TPSA) is 105 Å².